The Bertz CT molecular complexity index is 245. The Morgan fingerprint density at radius 3 is 2.62 bits per heavy atom. The number of carbonyl (C=O) groups is 1. The predicted octanol–water partition coefficient (Wildman–Crippen LogP) is 1.07. The summed E-state index contributed by atoms with van der Waals surface area (Å²) in [4.78, 5) is 13.2. The molecule has 16 heavy (non-hydrogen) atoms. The Morgan fingerprint density at radius 2 is 2.06 bits per heavy atom. The molecule has 4 nitrogen and oxygen atoms in total. The van der Waals surface area contributed by atoms with E-state index in [9.17, 15) is 4.79 Å². The SMILES string of the molecule is CC(C(=O)O)C1CN(CC2CCOCC2)C1. The van der Waals surface area contributed by atoms with E-state index in [-0.39, 0.29) is 5.92 Å². The molecular weight excluding hydrogens is 206 g/mol. The number of ether oxygens (including phenoxy) is 1. The third kappa shape index (κ3) is 2.74. The van der Waals surface area contributed by atoms with Gasteiger partial charge in [-0.2, -0.15) is 0 Å². The number of carboxylic acid groups (broad SMARTS) is 1. The lowest BCUT2D eigenvalue weighted by Gasteiger charge is -2.43. The lowest BCUT2D eigenvalue weighted by Crippen LogP contribution is -2.52. The highest BCUT2D eigenvalue weighted by Gasteiger charge is 2.35. The molecular formula is C12H21NO3. The summed E-state index contributed by atoms with van der Waals surface area (Å²) in [7, 11) is 0. The molecule has 0 spiro atoms. The van der Waals surface area contributed by atoms with Gasteiger partial charge in [0.2, 0.25) is 0 Å². The average Bonchev–Trinajstić information content (AvgIpc) is 2.23. The lowest BCUT2D eigenvalue weighted by molar-refractivity contribution is -0.145. The maximum atomic E-state index is 10.8. The quantitative estimate of drug-likeness (QED) is 0.780. The molecule has 0 radical (unpaired) electrons. The number of hydrogen-bond donors (Lipinski definition) is 1. The molecule has 0 saturated carbocycles. The third-order valence-corrected chi connectivity index (χ3v) is 3.94. The van der Waals surface area contributed by atoms with Crippen LogP contribution in [0.3, 0.4) is 0 Å². The third-order valence-electron chi connectivity index (χ3n) is 3.94. The molecule has 2 heterocycles. The summed E-state index contributed by atoms with van der Waals surface area (Å²) in [6.45, 7) is 6.67. The first kappa shape index (κ1) is 11.9. The van der Waals surface area contributed by atoms with E-state index in [1.807, 2.05) is 6.92 Å². The molecule has 4 heteroatoms. The topological polar surface area (TPSA) is 49.8 Å². The Balaban J connectivity index is 1.66. The molecule has 1 atom stereocenters. The molecule has 1 N–H and O–H groups in total. The zero-order valence-corrected chi connectivity index (χ0v) is 9.89. The van der Waals surface area contributed by atoms with Crippen molar-refractivity contribution in [1.29, 1.82) is 0 Å². The molecule has 2 aliphatic heterocycles. The van der Waals surface area contributed by atoms with Gasteiger partial charge in [0, 0.05) is 32.8 Å². The van der Waals surface area contributed by atoms with Gasteiger partial charge in [0.1, 0.15) is 0 Å². The van der Waals surface area contributed by atoms with E-state index in [1.165, 1.54) is 0 Å². The van der Waals surface area contributed by atoms with Crippen LogP contribution in [0.15, 0.2) is 0 Å². The molecule has 2 rings (SSSR count). The van der Waals surface area contributed by atoms with Crippen molar-refractivity contribution < 1.29 is 14.6 Å². The second-order valence-corrected chi connectivity index (χ2v) is 5.16. The normalized spacial score (nSPS) is 26.3. The summed E-state index contributed by atoms with van der Waals surface area (Å²) in [5.74, 6) is 0.272. The maximum absolute atomic E-state index is 10.8. The van der Waals surface area contributed by atoms with Gasteiger partial charge in [-0.1, -0.05) is 6.92 Å². The number of likely N-dealkylation sites (tertiary alicyclic amines) is 1. The van der Waals surface area contributed by atoms with Crippen LogP contribution in [0.5, 0.6) is 0 Å². The summed E-state index contributed by atoms with van der Waals surface area (Å²) in [5, 5.41) is 8.89. The summed E-state index contributed by atoms with van der Waals surface area (Å²) in [6.07, 6.45) is 2.32. The fraction of sp³-hybridized carbons (Fsp3) is 0.917. The highest BCUT2D eigenvalue weighted by atomic mass is 16.5. The minimum Gasteiger partial charge on any atom is -0.481 e. The molecule has 0 bridgehead atoms. The molecule has 92 valence electrons. The van der Waals surface area contributed by atoms with Crippen molar-refractivity contribution in [3.8, 4) is 0 Å². The number of hydrogen-bond acceptors (Lipinski definition) is 3. The van der Waals surface area contributed by atoms with Crippen LogP contribution in [0, 0.1) is 17.8 Å². The van der Waals surface area contributed by atoms with Crippen molar-refractivity contribution in [1.82, 2.24) is 4.90 Å². The van der Waals surface area contributed by atoms with Crippen LogP contribution < -0.4 is 0 Å². The fourth-order valence-corrected chi connectivity index (χ4v) is 2.57. The molecule has 0 aromatic carbocycles. The van der Waals surface area contributed by atoms with Gasteiger partial charge in [-0.05, 0) is 24.7 Å². The average molecular weight is 227 g/mol. The van der Waals surface area contributed by atoms with E-state index in [0.717, 1.165) is 51.6 Å². The van der Waals surface area contributed by atoms with Gasteiger partial charge in [0.25, 0.3) is 0 Å². The summed E-state index contributed by atoms with van der Waals surface area (Å²) >= 11 is 0. The van der Waals surface area contributed by atoms with Crippen LogP contribution in [0.4, 0.5) is 0 Å². The highest BCUT2D eigenvalue weighted by molar-refractivity contribution is 5.70. The largest absolute Gasteiger partial charge is 0.481 e. The predicted molar refractivity (Wildman–Crippen MR) is 60.3 cm³/mol. The van der Waals surface area contributed by atoms with Gasteiger partial charge < -0.3 is 14.7 Å². The van der Waals surface area contributed by atoms with Gasteiger partial charge in [-0.25, -0.2) is 0 Å². The molecule has 0 aliphatic carbocycles. The lowest BCUT2D eigenvalue weighted by atomic mass is 9.86. The minimum absolute atomic E-state index is 0.189. The number of carboxylic acids is 1. The highest BCUT2D eigenvalue weighted by Crippen LogP contribution is 2.26. The molecule has 0 aromatic rings. The minimum atomic E-state index is -0.657. The first-order chi connectivity index (χ1) is 7.66. The van der Waals surface area contributed by atoms with E-state index >= 15 is 0 Å². The fourth-order valence-electron chi connectivity index (χ4n) is 2.57. The van der Waals surface area contributed by atoms with Crippen LogP contribution in [0.25, 0.3) is 0 Å². The second kappa shape index (κ2) is 5.15. The van der Waals surface area contributed by atoms with E-state index in [2.05, 4.69) is 4.90 Å². The van der Waals surface area contributed by atoms with Crippen LogP contribution in [0.2, 0.25) is 0 Å². The molecule has 0 amide bonds. The van der Waals surface area contributed by atoms with Crippen molar-refractivity contribution in [2.75, 3.05) is 32.8 Å². The Kier molecular flexibility index (Phi) is 3.82. The van der Waals surface area contributed by atoms with Crippen molar-refractivity contribution >= 4 is 5.97 Å². The zero-order valence-electron chi connectivity index (χ0n) is 9.89. The Hall–Kier alpha value is -0.610. The van der Waals surface area contributed by atoms with Crippen LogP contribution in [-0.4, -0.2) is 48.8 Å². The Morgan fingerprint density at radius 1 is 1.44 bits per heavy atom. The van der Waals surface area contributed by atoms with Crippen molar-refractivity contribution in [2.45, 2.75) is 19.8 Å². The van der Waals surface area contributed by atoms with Gasteiger partial charge in [-0.15, -0.1) is 0 Å². The van der Waals surface area contributed by atoms with E-state index in [1.54, 1.807) is 0 Å². The maximum Gasteiger partial charge on any atom is 0.306 e. The van der Waals surface area contributed by atoms with E-state index < -0.39 is 5.97 Å². The first-order valence-electron chi connectivity index (χ1n) is 6.19. The van der Waals surface area contributed by atoms with Crippen LogP contribution in [-0.2, 0) is 9.53 Å². The zero-order chi connectivity index (χ0) is 11.5. The number of nitrogens with zero attached hydrogens (tertiary/aromatic N) is 1. The molecule has 2 aliphatic rings. The summed E-state index contributed by atoms with van der Waals surface area (Å²) in [5.41, 5.74) is 0. The van der Waals surface area contributed by atoms with Gasteiger partial charge in [-0.3, -0.25) is 4.79 Å². The smallest absolute Gasteiger partial charge is 0.306 e. The molecule has 0 aromatic heterocycles. The Labute approximate surface area is 96.6 Å². The van der Waals surface area contributed by atoms with Gasteiger partial charge >= 0.3 is 5.97 Å². The van der Waals surface area contributed by atoms with Crippen molar-refractivity contribution in [3.05, 3.63) is 0 Å². The van der Waals surface area contributed by atoms with Gasteiger partial charge in [0.15, 0.2) is 0 Å². The monoisotopic (exact) mass is 227 g/mol. The van der Waals surface area contributed by atoms with Gasteiger partial charge in [0.05, 0.1) is 5.92 Å². The van der Waals surface area contributed by atoms with Crippen molar-refractivity contribution in [3.63, 3.8) is 0 Å². The van der Waals surface area contributed by atoms with E-state index in [4.69, 9.17) is 9.84 Å². The van der Waals surface area contributed by atoms with Crippen LogP contribution in [0.1, 0.15) is 19.8 Å². The van der Waals surface area contributed by atoms with Crippen molar-refractivity contribution in [2.24, 2.45) is 17.8 Å². The first-order valence-corrected chi connectivity index (χ1v) is 6.19. The molecule has 2 saturated heterocycles. The summed E-state index contributed by atoms with van der Waals surface area (Å²) in [6, 6.07) is 0. The second-order valence-electron chi connectivity index (χ2n) is 5.16. The summed E-state index contributed by atoms with van der Waals surface area (Å²) < 4.78 is 5.33. The number of aliphatic carboxylic acids is 1. The van der Waals surface area contributed by atoms with E-state index in [0.29, 0.717) is 5.92 Å². The standard InChI is InChI=1S/C12H21NO3/c1-9(12(14)15)11-7-13(8-11)6-10-2-4-16-5-3-10/h9-11H,2-8H2,1H3,(H,14,15). The molecule has 2 fully saturated rings. The molecule has 1 unspecified atom stereocenters. The number of rotatable bonds is 4. The van der Waals surface area contributed by atoms with Crippen LogP contribution >= 0.6 is 0 Å².